The van der Waals surface area contributed by atoms with E-state index in [-0.39, 0.29) is 24.4 Å². The molecule has 1 saturated carbocycles. The van der Waals surface area contributed by atoms with Crippen molar-refractivity contribution < 1.29 is 9.59 Å². The van der Waals surface area contributed by atoms with Gasteiger partial charge in [0.2, 0.25) is 11.8 Å². The van der Waals surface area contributed by atoms with Crippen molar-refractivity contribution in [1.29, 1.82) is 0 Å². The number of nitrogens with one attached hydrogen (secondary N) is 1. The van der Waals surface area contributed by atoms with Gasteiger partial charge in [-0.2, -0.15) is 0 Å². The van der Waals surface area contributed by atoms with Crippen LogP contribution in [0.4, 0.5) is 0 Å². The third-order valence-corrected chi connectivity index (χ3v) is 4.47. The van der Waals surface area contributed by atoms with E-state index in [1.54, 1.807) is 0 Å². The van der Waals surface area contributed by atoms with Crippen LogP contribution in [0, 0.1) is 5.41 Å². The van der Waals surface area contributed by atoms with Gasteiger partial charge in [-0.05, 0) is 31.1 Å². The van der Waals surface area contributed by atoms with Crippen molar-refractivity contribution in [3.8, 4) is 0 Å². The van der Waals surface area contributed by atoms with E-state index in [0.29, 0.717) is 11.8 Å². The molecule has 0 aromatic heterocycles. The summed E-state index contributed by atoms with van der Waals surface area (Å²) in [4.78, 5) is 25.5. The van der Waals surface area contributed by atoms with Gasteiger partial charge in [0.1, 0.15) is 6.04 Å². The van der Waals surface area contributed by atoms with Crippen molar-refractivity contribution >= 4 is 11.8 Å². The van der Waals surface area contributed by atoms with Gasteiger partial charge in [-0.25, -0.2) is 0 Å². The van der Waals surface area contributed by atoms with Crippen molar-refractivity contribution in [3.05, 3.63) is 0 Å². The van der Waals surface area contributed by atoms with Gasteiger partial charge < -0.3 is 10.2 Å². The standard InChI is InChI=1S/C13H22N2O2/c1-3-10-12(17)14-8-11(16)15(10)9-13(4-2)6-5-7-13/h10H,3-9H2,1-2H3,(H,14,17). The number of amides is 2. The molecule has 2 fully saturated rings. The Labute approximate surface area is 103 Å². The van der Waals surface area contributed by atoms with E-state index >= 15 is 0 Å². The number of hydrogen-bond donors (Lipinski definition) is 1. The molecule has 0 radical (unpaired) electrons. The third-order valence-electron chi connectivity index (χ3n) is 4.47. The molecule has 0 aromatic carbocycles. The van der Waals surface area contributed by atoms with Crippen LogP contribution in [-0.2, 0) is 9.59 Å². The van der Waals surface area contributed by atoms with Crippen LogP contribution in [0.1, 0.15) is 46.0 Å². The van der Waals surface area contributed by atoms with Crippen molar-refractivity contribution in [1.82, 2.24) is 10.2 Å². The fourth-order valence-electron chi connectivity index (χ4n) is 2.96. The summed E-state index contributed by atoms with van der Waals surface area (Å²) in [5.74, 6) is 0.0915. The lowest BCUT2D eigenvalue weighted by molar-refractivity contribution is -0.148. The maximum Gasteiger partial charge on any atom is 0.243 e. The van der Waals surface area contributed by atoms with Gasteiger partial charge in [0.15, 0.2) is 0 Å². The Bertz CT molecular complexity index is 318. The molecule has 4 heteroatoms. The number of nitrogens with zero attached hydrogens (tertiary/aromatic N) is 1. The van der Waals surface area contributed by atoms with Crippen LogP contribution in [0.5, 0.6) is 0 Å². The molecule has 1 heterocycles. The molecule has 1 aliphatic carbocycles. The summed E-state index contributed by atoms with van der Waals surface area (Å²) >= 11 is 0. The first-order chi connectivity index (χ1) is 8.12. The van der Waals surface area contributed by atoms with E-state index in [0.717, 1.165) is 13.0 Å². The van der Waals surface area contributed by atoms with Crippen molar-refractivity contribution in [2.24, 2.45) is 5.41 Å². The summed E-state index contributed by atoms with van der Waals surface area (Å²) in [6.45, 7) is 5.10. The van der Waals surface area contributed by atoms with Crippen LogP contribution in [0.2, 0.25) is 0 Å². The highest BCUT2D eigenvalue weighted by atomic mass is 16.2. The highest BCUT2D eigenvalue weighted by molar-refractivity contribution is 5.94. The molecule has 17 heavy (non-hydrogen) atoms. The van der Waals surface area contributed by atoms with Gasteiger partial charge in [0.05, 0.1) is 6.54 Å². The predicted octanol–water partition coefficient (Wildman–Crippen LogP) is 1.30. The maximum atomic E-state index is 12.0. The number of carbonyl (C=O) groups excluding carboxylic acids is 2. The first-order valence-electron chi connectivity index (χ1n) is 6.69. The van der Waals surface area contributed by atoms with Gasteiger partial charge in [0.25, 0.3) is 0 Å². The normalized spacial score (nSPS) is 27.6. The largest absolute Gasteiger partial charge is 0.345 e. The van der Waals surface area contributed by atoms with E-state index < -0.39 is 0 Å². The van der Waals surface area contributed by atoms with Crippen molar-refractivity contribution in [3.63, 3.8) is 0 Å². The van der Waals surface area contributed by atoms with Crippen LogP contribution >= 0.6 is 0 Å². The second-order valence-corrected chi connectivity index (χ2v) is 5.37. The van der Waals surface area contributed by atoms with Crippen LogP contribution in [0.15, 0.2) is 0 Å². The van der Waals surface area contributed by atoms with E-state index in [1.807, 2.05) is 11.8 Å². The van der Waals surface area contributed by atoms with E-state index in [2.05, 4.69) is 12.2 Å². The zero-order valence-corrected chi connectivity index (χ0v) is 10.8. The smallest absolute Gasteiger partial charge is 0.243 e. The van der Waals surface area contributed by atoms with Crippen molar-refractivity contribution in [2.45, 2.75) is 52.0 Å². The van der Waals surface area contributed by atoms with Gasteiger partial charge in [-0.15, -0.1) is 0 Å². The molecule has 0 spiro atoms. The fraction of sp³-hybridized carbons (Fsp3) is 0.846. The van der Waals surface area contributed by atoms with E-state index in [4.69, 9.17) is 0 Å². The molecule has 1 unspecified atom stereocenters. The molecular weight excluding hydrogens is 216 g/mol. The Kier molecular flexibility index (Phi) is 3.40. The summed E-state index contributed by atoms with van der Waals surface area (Å²) in [5.41, 5.74) is 0.292. The van der Waals surface area contributed by atoms with Crippen LogP contribution < -0.4 is 5.32 Å². The molecule has 4 nitrogen and oxygen atoms in total. The van der Waals surface area contributed by atoms with Crippen LogP contribution in [-0.4, -0.2) is 35.8 Å². The minimum atomic E-state index is -0.250. The minimum absolute atomic E-state index is 0.0117. The number of piperazine rings is 1. The molecule has 96 valence electrons. The maximum absolute atomic E-state index is 12.0. The molecule has 1 aliphatic heterocycles. The summed E-state index contributed by atoms with van der Waals surface area (Å²) in [6, 6.07) is -0.250. The Morgan fingerprint density at radius 3 is 2.53 bits per heavy atom. The average Bonchev–Trinajstić information content (AvgIpc) is 2.28. The molecule has 1 atom stereocenters. The minimum Gasteiger partial charge on any atom is -0.345 e. The lowest BCUT2D eigenvalue weighted by Crippen LogP contribution is -2.61. The molecule has 1 N–H and O–H groups in total. The fourth-order valence-corrected chi connectivity index (χ4v) is 2.96. The predicted molar refractivity (Wildman–Crippen MR) is 65.4 cm³/mol. The van der Waals surface area contributed by atoms with Crippen LogP contribution in [0.25, 0.3) is 0 Å². The molecule has 2 amide bonds. The zero-order chi connectivity index (χ0) is 12.5. The Morgan fingerprint density at radius 1 is 1.35 bits per heavy atom. The zero-order valence-electron chi connectivity index (χ0n) is 10.8. The quantitative estimate of drug-likeness (QED) is 0.802. The van der Waals surface area contributed by atoms with Crippen molar-refractivity contribution in [2.75, 3.05) is 13.1 Å². The summed E-state index contributed by atoms with van der Waals surface area (Å²) in [5, 5.41) is 2.67. The summed E-state index contributed by atoms with van der Waals surface area (Å²) in [6.07, 6.45) is 5.47. The average molecular weight is 238 g/mol. The Hall–Kier alpha value is -1.06. The second kappa shape index (κ2) is 4.67. The summed E-state index contributed by atoms with van der Waals surface area (Å²) < 4.78 is 0. The monoisotopic (exact) mass is 238 g/mol. The second-order valence-electron chi connectivity index (χ2n) is 5.37. The highest BCUT2D eigenvalue weighted by Gasteiger charge is 2.42. The van der Waals surface area contributed by atoms with Gasteiger partial charge in [0, 0.05) is 6.54 Å². The lowest BCUT2D eigenvalue weighted by Gasteiger charge is -2.47. The third kappa shape index (κ3) is 2.17. The van der Waals surface area contributed by atoms with Gasteiger partial charge >= 0.3 is 0 Å². The Balaban J connectivity index is 2.10. The number of rotatable bonds is 4. The van der Waals surface area contributed by atoms with Gasteiger partial charge in [-0.3, -0.25) is 9.59 Å². The molecule has 0 bridgehead atoms. The van der Waals surface area contributed by atoms with Gasteiger partial charge in [-0.1, -0.05) is 20.3 Å². The lowest BCUT2D eigenvalue weighted by atomic mass is 9.66. The molecule has 1 saturated heterocycles. The topological polar surface area (TPSA) is 49.4 Å². The first kappa shape index (κ1) is 12.4. The SMILES string of the molecule is CCC1C(=O)NCC(=O)N1CC1(CC)CCC1. The molecule has 0 aromatic rings. The number of carbonyl (C=O) groups is 2. The first-order valence-corrected chi connectivity index (χ1v) is 6.69. The van der Waals surface area contributed by atoms with E-state index in [9.17, 15) is 9.59 Å². The molecular formula is C13H22N2O2. The number of hydrogen-bond acceptors (Lipinski definition) is 2. The summed E-state index contributed by atoms with van der Waals surface area (Å²) in [7, 11) is 0. The molecule has 2 aliphatic rings. The van der Waals surface area contributed by atoms with Crippen LogP contribution in [0.3, 0.4) is 0 Å². The Morgan fingerprint density at radius 2 is 2.06 bits per heavy atom. The van der Waals surface area contributed by atoms with E-state index in [1.165, 1.54) is 19.3 Å². The highest BCUT2D eigenvalue weighted by Crippen LogP contribution is 2.44. The molecule has 2 rings (SSSR count).